The maximum atomic E-state index is 6.99. The molecule has 5 nitrogen and oxygen atoms in total. The summed E-state index contributed by atoms with van der Waals surface area (Å²) in [6.45, 7) is 2.89. The first-order valence-electron chi connectivity index (χ1n) is 6.14. The Labute approximate surface area is 97.4 Å². The number of amidine groups is 1. The van der Waals surface area contributed by atoms with Crippen molar-refractivity contribution < 1.29 is 0 Å². The van der Waals surface area contributed by atoms with E-state index >= 15 is 0 Å². The van der Waals surface area contributed by atoms with E-state index < -0.39 is 0 Å². The molecule has 0 bridgehead atoms. The third-order valence-electron chi connectivity index (χ3n) is 2.62. The molecule has 5 heteroatoms. The van der Waals surface area contributed by atoms with Crippen molar-refractivity contribution in [1.82, 2.24) is 10.6 Å². The van der Waals surface area contributed by atoms with Crippen molar-refractivity contribution in [2.75, 3.05) is 19.6 Å². The summed E-state index contributed by atoms with van der Waals surface area (Å²) in [5, 5.41) is 13.1. The Morgan fingerprint density at radius 3 is 2.88 bits per heavy atom. The van der Waals surface area contributed by atoms with Crippen LogP contribution in [0.3, 0.4) is 0 Å². The second kappa shape index (κ2) is 7.96. The summed E-state index contributed by atoms with van der Waals surface area (Å²) in [4.78, 5) is 4.44. The van der Waals surface area contributed by atoms with Crippen LogP contribution in [0, 0.1) is 5.41 Å². The molecular weight excluding hydrogens is 202 g/mol. The first-order chi connectivity index (χ1) is 7.79. The van der Waals surface area contributed by atoms with Gasteiger partial charge in [0.1, 0.15) is 0 Å². The minimum atomic E-state index is 0.0701. The zero-order valence-corrected chi connectivity index (χ0v) is 9.89. The van der Waals surface area contributed by atoms with Crippen LogP contribution in [0.2, 0.25) is 0 Å². The minimum Gasteiger partial charge on any atom is -0.374 e. The molecule has 1 heterocycles. The molecule has 1 rings (SSSR count). The predicted octanol–water partition coefficient (Wildman–Crippen LogP) is 0.812. The molecule has 0 unspecified atom stereocenters. The Bertz CT molecular complexity index is 237. The molecule has 0 aromatic carbocycles. The molecule has 0 saturated heterocycles. The maximum Gasteiger partial charge on any atom is 0.185 e. The summed E-state index contributed by atoms with van der Waals surface area (Å²) in [7, 11) is 0. The van der Waals surface area contributed by atoms with Crippen molar-refractivity contribution in [3.8, 4) is 0 Å². The average Bonchev–Trinajstić information content (AvgIpc) is 2.29. The average molecular weight is 225 g/mol. The molecule has 0 atom stereocenters. The lowest BCUT2D eigenvalue weighted by Gasteiger charge is -2.14. The largest absolute Gasteiger partial charge is 0.374 e. The minimum absolute atomic E-state index is 0.0701. The SMILES string of the molecule is N=C(N)NCCCCCCC1=NCCCN1. The maximum absolute atomic E-state index is 6.99. The van der Waals surface area contributed by atoms with Gasteiger partial charge in [0.25, 0.3) is 0 Å². The van der Waals surface area contributed by atoms with Crippen molar-refractivity contribution in [3.63, 3.8) is 0 Å². The third-order valence-corrected chi connectivity index (χ3v) is 2.62. The Morgan fingerprint density at radius 1 is 1.38 bits per heavy atom. The second-order valence-electron chi connectivity index (χ2n) is 4.11. The van der Waals surface area contributed by atoms with Gasteiger partial charge in [-0.3, -0.25) is 10.4 Å². The Balaban J connectivity index is 1.88. The van der Waals surface area contributed by atoms with E-state index in [1.54, 1.807) is 0 Å². The van der Waals surface area contributed by atoms with Gasteiger partial charge in [0.2, 0.25) is 0 Å². The molecule has 0 aromatic heterocycles. The molecule has 0 radical (unpaired) electrons. The van der Waals surface area contributed by atoms with E-state index in [1.807, 2.05) is 0 Å². The van der Waals surface area contributed by atoms with Crippen LogP contribution in [0.4, 0.5) is 0 Å². The van der Waals surface area contributed by atoms with Crippen LogP contribution in [-0.2, 0) is 0 Å². The molecule has 0 spiro atoms. The highest BCUT2D eigenvalue weighted by Crippen LogP contribution is 2.04. The van der Waals surface area contributed by atoms with Crippen molar-refractivity contribution in [3.05, 3.63) is 0 Å². The quantitative estimate of drug-likeness (QED) is 0.294. The molecule has 0 aromatic rings. The number of nitrogens with one attached hydrogen (secondary N) is 3. The van der Waals surface area contributed by atoms with Gasteiger partial charge in [0, 0.05) is 26.1 Å². The fourth-order valence-corrected chi connectivity index (χ4v) is 1.74. The summed E-state index contributed by atoms with van der Waals surface area (Å²) in [6, 6.07) is 0. The van der Waals surface area contributed by atoms with E-state index in [0.717, 1.165) is 32.5 Å². The summed E-state index contributed by atoms with van der Waals surface area (Å²) in [5.41, 5.74) is 5.18. The van der Waals surface area contributed by atoms with Crippen LogP contribution in [0.15, 0.2) is 4.99 Å². The molecule has 92 valence electrons. The monoisotopic (exact) mass is 225 g/mol. The van der Waals surface area contributed by atoms with Crippen LogP contribution in [0.5, 0.6) is 0 Å². The van der Waals surface area contributed by atoms with Gasteiger partial charge in [0.05, 0.1) is 5.84 Å². The summed E-state index contributed by atoms with van der Waals surface area (Å²) in [5.74, 6) is 1.26. The van der Waals surface area contributed by atoms with Crippen molar-refractivity contribution in [2.24, 2.45) is 10.7 Å². The van der Waals surface area contributed by atoms with Crippen LogP contribution in [-0.4, -0.2) is 31.4 Å². The predicted molar refractivity (Wildman–Crippen MR) is 67.9 cm³/mol. The van der Waals surface area contributed by atoms with E-state index in [1.165, 1.54) is 31.5 Å². The van der Waals surface area contributed by atoms with E-state index in [0.29, 0.717) is 0 Å². The zero-order valence-electron chi connectivity index (χ0n) is 9.89. The van der Waals surface area contributed by atoms with Crippen LogP contribution in [0.25, 0.3) is 0 Å². The Kier molecular flexibility index (Phi) is 6.37. The molecule has 0 amide bonds. The lowest BCUT2D eigenvalue weighted by atomic mass is 10.1. The van der Waals surface area contributed by atoms with Crippen molar-refractivity contribution >= 4 is 11.8 Å². The lowest BCUT2D eigenvalue weighted by molar-refractivity contribution is 0.630. The van der Waals surface area contributed by atoms with Gasteiger partial charge in [-0.15, -0.1) is 0 Å². The van der Waals surface area contributed by atoms with Gasteiger partial charge in [-0.1, -0.05) is 12.8 Å². The first-order valence-corrected chi connectivity index (χ1v) is 6.14. The molecule has 0 fully saturated rings. The number of hydrogen-bond donors (Lipinski definition) is 4. The van der Waals surface area contributed by atoms with Gasteiger partial charge in [-0.05, 0) is 19.3 Å². The lowest BCUT2D eigenvalue weighted by Crippen LogP contribution is -2.30. The van der Waals surface area contributed by atoms with Crippen LogP contribution < -0.4 is 16.4 Å². The Hall–Kier alpha value is -1.26. The third kappa shape index (κ3) is 6.27. The van der Waals surface area contributed by atoms with E-state index in [9.17, 15) is 0 Å². The van der Waals surface area contributed by atoms with Gasteiger partial charge < -0.3 is 16.4 Å². The highest BCUT2D eigenvalue weighted by Gasteiger charge is 2.02. The zero-order chi connectivity index (χ0) is 11.6. The smallest absolute Gasteiger partial charge is 0.185 e. The van der Waals surface area contributed by atoms with E-state index in [-0.39, 0.29) is 5.96 Å². The summed E-state index contributed by atoms with van der Waals surface area (Å²) >= 11 is 0. The van der Waals surface area contributed by atoms with Gasteiger partial charge in [0.15, 0.2) is 5.96 Å². The fraction of sp³-hybridized carbons (Fsp3) is 0.818. The molecular formula is C11H23N5. The molecule has 1 aliphatic rings. The molecule has 0 aliphatic carbocycles. The molecule has 1 aliphatic heterocycles. The second-order valence-corrected chi connectivity index (χ2v) is 4.11. The molecule has 16 heavy (non-hydrogen) atoms. The topological polar surface area (TPSA) is 86.3 Å². The fourth-order valence-electron chi connectivity index (χ4n) is 1.74. The number of aliphatic imine (C=N–C) groups is 1. The van der Waals surface area contributed by atoms with Crippen LogP contribution >= 0.6 is 0 Å². The number of guanidine groups is 1. The highest BCUT2D eigenvalue weighted by atomic mass is 15.0. The summed E-state index contributed by atoms with van der Waals surface area (Å²) in [6.07, 6.45) is 6.94. The number of hydrogen-bond acceptors (Lipinski definition) is 3. The number of nitrogens with two attached hydrogens (primary N) is 1. The number of rotatable bonds is 7. The summed E-state index contributed by atoms with van der Waals surface area (Å²) < 4.78 is 0. The first kappa shape index (κ1) is 12.8. The number of nitrogens with zero attached hydrogens (tertiary/aromatic N) is 1. The number of unbranched alkanes of at least 4 members (excludes halogenated alkanes) is 3. The van der Waals surface area contributed by atoms with Gasteiger partial charge >= 0.3 is 0 Å². The van der Waals surface area contributed by atoms with Gasteiger partial charge in [-0.2, -0.15) is 0 Å². The van der Waals surface area contributed by atoms with Crippen molar-refractivity contribution in [2.45, 2.75) is 38.5 Å². The van der Waals surface area contributed by atoms with Crippen LogP contribution in [0.1, 0.15) is 38.5 Å². The molecule has 5 N–H and O–H groups in total. The van der Waals surface area contributed by atoms with E-state index in [4.69, 9.17) is 11.1 Å². The highest BCUT2D eigenvalue weighted by molar-refractivity contribution is 5.82. The van der Waals surface area contributed by atoms with Gasteiger partial charge in [-0.25, -0.2) is 0 Å². The Morgan fingerprint density at radius 2 is 2.19 bits per heavy atom. The van der Waals surface area contributed by atoms with Crippen molar-refractivity contribution in [1.29, 1.82) is 5.41 Å². The normalized spacial score (nSPS) is 15.1. The molecule has 0 saturated carbocycles. The standard InChI is InChI=1S/C11H23N5/c12-11(13)16-7-4-2-1-3-6-10-14-8-5-9-15-10/h1-9H2,(H,14,15)(H4,12,13,16). The van der Waals surface area contributed by atoms with E-state index in [2.05, 4.69) is 15.6 Å².